The van der Waals surface area contributed by atoms with Gasteiger partial charge in [-0.05, 0) is 31.5 Å². The minimum atomic E-state index is 0.533. The van der Waals surface area contributed by atoms with Gasteiger partial charge >= 0.3 is 0 Å². The zero-order valence-corrected chi connectivity index (χ0v) is 8.71. The summed E-state index contributed by atoms with van der Waals surface area (Å²) >= 11 is 0. The second-order valence-corrected chi connectivity index (χ2v) is 3.90. The molecule has 1 aromatic rings. The average molecular weight is 181 g/mol. The van der Waals surface area contributed by atoms with Gasteiger partial charge in [0.15, 0.2) is 0 Å². The van der Waals surface area contributed by atoms with Crippen LogP contribution in [0.2, 0.25) is 0 Å². The molecule has 0 aliphatic heterocycles. The minimum Gasteiger partial charge on any atom is -0.469 e. The Balaban J connectivity index is 2.40. The Morgan fingerprint density at radius 2 is 2.23 bits per heavy atom. The van der Waals surface area contributed by atoms with E-state index in [0.717, 1.165) is 18.1 Å². The number of rotatable bonds is 5. The predicted octanol–water partition coefficient (Wildman–Crippen LogP) is 2.46. The quantitative estimate of drug-likeness (QED) is 0.754. The van der Waals surface area contributed by atoms with Crippen molar-refractivity contribution in [3.8, 4) is 0 Å². The molecule has 0 spiro atoms. The normalized spacial score (nSPS) is 13.5. The lowest BCUT2D eigenvalue weighted by molar-refractivity contribution is 0.404. The largest absolute Gasteiger partial charge is 0.469 e. The molecule has 0 saturated carbocycles. The third kappa shape index (κ3) is 3.64. The highest BCUT2D eigenvalue weighted by Crippen LogP contribution is 2.10. The van der Waals surface area contributed by atoms with Crippen molar-refractivity contribution >= 4 is 0 Å². The molecule has 0 saturated heterocycles. The van der Waals surface area contributed by atoms with E-state index in [0.29, 0.717) is 6.04 Å². The molecule has 0 radical (unpaired) electrons. The van der Waals surface area contributed by atoms with E-state index in [2.05, 4.69) is 19.2 Å². The molecule has 13 heavy (non-hydrogen) atoms. The van der Waals surface area contributed by atoms with E-state index < -0.39 is 0 Å². The fraction of sp³-hybridized carbons (Fsp3) is 0.636. The van der Waals surface area contributed by atoms with Crippen LogP contribution in [0, 0.1) is 5.92 Å². The van der Waals surface area contributed by atoms with Gasteiger partial charge in [0.1, 0.15) is 5.76 Å². The molecular weight excluding hydrogens is 162 g/mol. The van der Waals surface area contributed by atoms with Gasteiger partial charge in [-0.3, -0.25) is 0 Å². The van der Waals surface area contributed by atoms with Crippen LogP contribution in [0.3, 0.4) is 0 Å². The summed E-state index contributed by atoms with van der Waals surface area (Å²) in [5, 5.41) is 3.31. The van der Waals surface area contributed by atoms with Gasteiger partial charge < -0.3 is 9.73 Å². The van der Waals surface area contributed by atoms with E-state index in [-0.39, 0.29) is 0 Å². The fourth-order valence-electron chi connectivity index (χ4n) is 1.54. The number of likely N-dealkylation sites (N-methyl/N-ethyl adjacent to an activating group) is 1. The summed E-state index contributed by atoms with van der Waals surface area (Å²) in [4.78, 5) is 0. The molecule has 0 aliphatic carbocycles. The average Bonchev–Trinajstić information content (AvgIpc) is 2.55. The third-order valence-electron chi connectivity index (χ3n) is 2.19. The second kappa shape index (κ2) is 5.07. The van der Waals surface area contributed by atoms with Crippen LogP contribution in [0.5, 0.6) is 0 Å². The first-order chi connectivity index (χ1) is 6.22. The maximum atomic E-state index is 5.31. The first kappa shape index (κ1) is 10.3. The van der Waals surface area contributed by atoms with Gasteiger partial charge in [0, 0.05) is 12.5 Å². The van der Waals surface area contributed by atoms with Crippen molar-refractivity contribution < 1.29 is 4.42 Å². The van der Waals surface area contributed by atoms with Gasteiger partial charge in [-0.2, -0.15) is 0 Å². The Hall–Kier alpha value is -0.760. The van der Waals surface area contributed by atoms with E-state index in [4.69, 9.17) is 4.42 Å². The van der Waals surface area contributed by atoms with Gasteiger partial charge in [0.05, 0.1) is 6.26 Å². The lowest BCUT2D eigenvalue weighted by Gasteiger charge is -2.16. The Morgan fingerprint density at radius 1 is 1.46 bits per heavy atom. The maximum Gasteiger partial charge on any atom is 0.105 e. The SMILES string of the molecule is CNC(Cc1ccco1)CC(C)C. The number of hydrogen-bond acceptors (Lipinski definition) is 2. The van der Waals surface area contributed by atoms with E-state index >= 15 is 0 Å². The smallest absolute Gasteiger partial charge is 0.105 e. The van der Waals surface area contributed by atoms with E-state index in [1.165, 1.54) is 6.42 Å². The zero-order valence-electron chi connectivity index (χ0n) is 8.71. The van der Waals surface area contributed by atoms with Gasteiger partial charge in [-0.25, -0.2) is 0 Å². The van der Waals surface area contributed by atoms with Crippen molar-refractivity contribution in [3.05, 3.63) is 24.2 Å². The fourth-order valence-corrected chi connectivity index (χ4v) is 1.54. The summed E-state index contributed by atoms with van der Waals surface area (Å²) < 4.78 is 5.31. The standard InChI is InChI=1S/C11H19NO/c1-9(2)7-10(12-3)8-11-5-4-6-13-11/h4-6,9-10,12H,7-8H2,1-3H3. The van der Waals surface area contributed by atoms with Crippen LogP contribution in [0.4, 0.5) is 0 Å². The van der Waals surface area contributed by atoms with E-state index in [9.17, 15) is 0 Å². The molecule has 0 bridgehead atoms. The highest BCUT2D eigenvalue weighted by atomic mass is 16.3. The van der Waals surface area contributed by atoms with Crippen molar-refractivity contribution in [3.63, 3.8) is 0 Å². The highest BCUT2D eigenvalue weighted by Gasteiger charge is 2.10. The monoisotopic (exact) mass is 181 g/mol. The van der Waals surface area contributed by atoms with Gasteiger partial charge in [0.25, 0.3) is 0 Å². The second-order valence-electron chi connectivity index (χ2n) is 3.90. The zero-order chi connectivity index (χ0) is 9.68. The lowest BCUT2D eigenvalue weighted by Crippen LogP contribution is -2.28. The van der Waals surface area contributed by atoms with E-state index in [1.54, 1.807) is 6.26 Å². The summed E-state index contributed by atoms with van der Waals surface area (Å²) in [5.74, 6) is 1.80. The lowest BCUT2D eigenvalue weighted by atomic mass is 10.0. The molecule has 1 rings (SSSR count). The Labute approximate surface area is 80.3 Å². The Bertz CT molecular complexity index is 216. The van der Waals surface area contributed by atoms with Crippen LogP contribution in [-0.2, 0) is 6.42 Å². The Morgan fingerprint density at radius 3 is 2.69 bits per heavy atom. The molecule has 0 aliphatic rings. The molecule has 1 unspecified atom stereocenters. The first-order valence-electron chi connectivity index (χ1n) is 4.92. The van der Waals surface area contributed by atoms with Crippen molar-refractivity contribution in [2.75, 3.05) is 7.05 Å². The first-order valence-corrected chi connectivity index (χ1v) is 4.92. The molecule has 0 aromatic carbocycles. The van der Waals surface area contributed by atoms with Crippen molar-refractivity contribution in [2.45, 2.75) is 32.7 Å². The van der Waals surface area contributed by atoms with Crippen molar-refractivity contribution in [1.82, 2.24) is 5.32 Å². The van der Waals surface area contributed by atoms with Gasteiger partial charge in [-0.15, -0.1) is 0 Å². The van der Waals surface area contributed by atoms with Crippen molar-refractivity contribution in [1.29, 1.82) is 0 Å². The summed E-state index contributed by atoms with van der Waals surface area (Å²) in [6, 6.07) is 4.51. The van der Waals surface area contributed by atoms with Crippen LogP contribution in [0.25, 0.3) is 0 Å². The third-order valence-corrected chi connectivity index (χ3v) is 2.19. The van der Waals surface area contributed by atoms with Gasteiger partial charge in [0.2, 0.25) is 0 Å². The number of hydrogen-bond donors (Lipinski definition) is 1. The number of nitrogens with one attached hydrogen (secondary N) is 1. The summed E-state index contributed by atoms with van der Waals surface area (Å²) in [6.45, 7) is 4.49. The predicted molar refractivity (Wildman–Crippen MR) is 54.7 cm³/mol. The molecule has 0 amide bonds. The molecule has 1 N–H and O–H groups in total. The molecule has 74 valence electrons. The summed E-state index contributed by atoms with van der Waals surface area (Å²) in [7, 11) is 2.01. The molecule has 1 aromatic heterocycles. The highest BCUT2D eigenvalue weighted by molar-refractivity contribution is 5.00. The maximum absolute atomic E-state index is 5.31. The van der Waals surface area contributed by atoms with Crippen LogP contribution < -0.4 is 5.32 Å². The van der Waals surface area contributed by atoms with Crippen molar-refractivity contribution in [2.24, 2.45) is 5.92 Å². The Kier molecular flexibility index (Phi) is 4.03. The van der Waals surface area contributed by atoms with Crippen LogP contribution >= 0.6 is 0 Å². The van der Waals surface area contributed by atoms with Gasteiger partial charge in [-0.1, -0.05) is 13.8 Å². The van der Waals surface area contributed by atoms with Crippen LogP contribution in [0.1, 0.15) is 26.0 Å². The van der Waals surface area contributed by atoms with Crippen LogP contribution in [0.15, 0.2) is 22.8 Å². The molecule has 1 heterocycles. The summed E-state index contributed by atoms with van der Waals surface area (Å²) in [5.41, 5.74) is 0. The van der Waals surface area contributed by atoms with Crippen LogP contribution in [-0.4, -0.2) is 13.1 Å². The summed E-state index contributed by atoms with van der Waals surface area (Å²) in [6.07, 6.45) is 3.91. The molecule has 0 fully saturated rings. The van der Waals surface area contributed by atoms with E-state index in [1.807, 2.05) is 19.2 Å². The molecule has 1 atom stereocenters. The minimum absolute atomic E-state index is 0.533. The number of furan rings is 1. The molecule has 2 heteroatoms. The topological polar surface area (TPSA) is 25.2 Å². The molecular formula is C11H19NO. The molecule has 2 nitrogen and oxygen atoms in total.